The number of rotatable bonds is 2. The van der Waals surface area contributed by atoms with E-state index in [1.807, 2.05) is 0 Å². The first-order valence-corrected chi connectivity index (χ1v) is 6.50. The minimum atomic E-state index is -0.436. The quantitative estimate of drug-likeness (QED) is 0.760. The lowest BCUT2D eigenvalue weighted by atomic mass is 10.2. The molecule has 1 heterocycles. The number of piperazine rings is 1. The molecule has 2 rings (SSSR count). The highest BCUT2D eigenvalue weighted by atomic mass is 79.9. The summed E-state index contributed by atoms with van der Waals surface area (Å²) in [5.74, 6) is -0.319. The number of amides is 2. The maximum atomic E-state index is 11.9. The van der Waals surface area contributed by atoms with Crippen LogP contribution in [0.25, 0.3) is 0 Å². The third-order valence-electron chi connectivity index (χ3n) is 2.54. The van der Waals surface area contributed by atoms with E-state index in [4.69, 9.17) is 11.6 Å². The molecule has 2 amide bonds. The van der Waals surface area contributed by atoms with Crippen LogP contribution in [0, 0.1) is 0 Å². The van der Waals surface area contributed by atoms with Gasteiger partial charge in [-0.1, -0.05) is 17.7 Å². The number of anilines is 1. The molecule has 3 N–H and O–H groups in total. The molecule has 1 unspecified atom stereocenters. The molecule has 1 atom stereocenters. The Balaban J connectivity index is 2.03. The van der Waals surface area contributed by atoms with Gasteiger partial charge in [0.25, 0.3) is 0 Å². The summed E-state index contributed by atoms with van der Waals surface area (Å²) in [6.45, 7) is 0.428. The van der Waals surface area contributed by atoms with Crippen molar-refractivity contribution in [1.82, 2.24) is 10.6 Å². The molecule has 0 bridgehead atoms. The fraction of sp³-hybridized carbons (Fsp3) is 0.273. The highest BCUT2D eigenvalue weighted by molar-refractivity contribution is 9.10. The van der Waals surface area contributed by atoms with Crippen molar-refractivity contribution in [2.75, 3.05) is 18.4 Å². The van der Waals surface area contributed by atoms with Crippen molar-refractivity contribution in [3.8, 4) is 0 Å². The molecule has 0 spiro atoms. The van der Waals surface area contributed by atoms with Gasteiger partial charge in [-0.15, -0.1) is 0 Å². The first-order valence-electron chi connectivity index (χ1n) is 5.33. The van der Waals surface area contributed by atoms with Gasteiger partial charge >= 0.3 is 0 Å². The van der Waals surface area contributed by atoms with Gasteiger partial charge in [-0.25, -0.2) is 0 Å². The minimum absolute atomic E-state index is 0.108. The predicted octanol–water partition coefficient (Wildman–Crippen LogP) is 1.13. The normalized spacial score (nSPS) is 19.2. The zero-order valence-electron chi connectivity index (χ0n) is 9.30. The van der Waals surface area contributed by atoms with Crippen LogP contribution < -0.4 is 16.0 Å². The van der Waals surface area contributed by atoms with Crippen molar-refractivity contribution >= 4 is 45.0 Å². The fourth-order valence-corrected chi connectivity index (χ4v) is 2.11. The second kappa shape index (κ2) is 5.69. The average Bonchev–Trinajstić information content (AvgIpc) is 2.36. The van der Waals surface area contributed by atoms with Crippen LogP contribution in [0.5, 0.6) is 0 Å². The molecular weight excluding hydrogens is 321 g/mol. The Kier molecular flexibility index (Phi) is 4.21. The molecule has 96 valence electrons. The maximum Gasteiger partial charge on any atom is 0.243 e. The molecule has 1 saturated heterocycles. The molecular formula is C11H11BrClN3O2. The van der Waals surface area contributed by atoms with Crippen LogP contribution in [0.1, 0.15) is 0 Å². The van der Waals surface area contributed by atoms with Crippen LogP contribution in [0.15, 0.2) is 22.7 Å². The number of carbonyl (C=O) groups excluding carboxylic acids is 2. The standard InChI is InChI=1S/C11H11BrClN3O2/c12-10-6(13)2-1-3-7(10)16-11(18)8-4-15-9(17)5-14-8/h1-3,8,14H,4-5H2,(H,15,17)(H,16,18). The van der Waals surface area contributed by atoms with Crippen LogP contribution >= 0.6 is 27.5 Å². The summed E-state index contributed by atoms with van der Waals surface area (Å²) in [7, 11) is 0. The van der Waals surface area contributed by atoms with E-state index >= 15 is 0 Å². The van der Waals surface area contributed by atoms with E-state index < -0.39 is 6.04 Å². The van der Waals surface area contributed by atoms with Crippen molar-refractivity contribution in [1.29, 1.82) is 0 Å². The molecule has 0 radical (unpaired) electrons. The lowest BCUT2D eigenvalue weighted by Gasteiger charge is -2.23. The van der Waals surface area contributed by atoms with Gasteiger partial charge in [0, 0.05) is 6.54 Å². The Hall–Kier alpha value is -1.11. The van der Waals surface area contributed by atoms with Crippen molar-refractivity contribution in [2.24, 2.45) is 0 Å². The number of halogens is 2. The van der Waals surface area contributed by atoms with E-state index in [0.717, 1.165) is 0 Å². The van der Waals surface area contributed by atoms with Crippen molar-refractivity contribution in [3.63, 3.8) is 0 Å². The van der Waals surface area contributed by atoms with E-state index in [1.165, 1.54) is 0 Å². The summed E-state index contributed by atoms with van der Waals surface area (Å²) < 4.78 is 0.639. The van der Waals surface area contributed by atoms with Crippen molar-refractivity contribution in [2.45, 2.75) is 6.04 Å². The lowest BCUT2D eigenvalue weighted by Crippen LogP contribution is -2.56. The van der Waals surface area contributed by atoms with Gasteiger partial charge in [-0.05, 0) is 28.1 Å². The van der Waals surface area contributed by atoms with Gasteiger partial charge in [0.05, 0.1) is 21.7 Å². The zero-order valence-corrected chi connectivity index (χ0v) is 11.6. The highest BCUT2D eigenvalue weighted by Gasteiger charge is 2.24. The molecule has 1 aromatic rings. The van der Waals surface area contributed by atoms with Gasteiger partial charge in [0.1, 0.15) is 6.04 Å². The Labute approximate surface area is 117 Å². The Morgan fingerprint density at radius 2 is 2.28 bits per heavy atom. The fourth-order valence-electron chi connectivity index (χ4n) is 1.57. The average molecular weight is 333 g/mol. The van der Waals surface area contributed by atoms with E-state index in [9.17, 15) is 9.59 Å². The molecule has 0 aliphatic carbocycles. The number of carbonyl (C=O) groups is 2. The van der Waals surface area contributed by atoms with E-state index in [1.54, 1.807) is 18.2 Å². The summed E-state index contributed by atoms with van der Waals surface area (Å²) in [4.78, 5) is 22.9. The van der Waals surface area contributed by atoms with Gasteiger partial charge in [-0.3, -0.25) is 14.9 Å². The molecule has 0 saturated carbocycles. The maximum absolute atomic E-state index is 11.9. The van der Waals surface area contributed by atoms with Gasteiger partial charge < -0.3 is 10.6 Å². The zero-order chi connectivity index (χ0) is 13.1. The topological polar surface area (TPSA) is 70.2 Å². The molecule has 0 aromatic heterocycles. The molecule has 1 aromatic carbocycles. The summed E-state index contributed by atoms with van der Waals surface area (Å²) in [5, 5.41) is 8.75. The monoisotopic (exact) mass is 331 g/mol. The minimum Gasteiger partial charge on any atom is -0.353 e. The molecule has 18 heavy (non-hydrogen) atoms. The predicted molar refractivity (Wildman–Crippen MR) is 72.6 cm³/mol. The van der Waals surface area contributed by atoms with Crippen LogP contribution in [-0.2, 0) is 9.59 Å². The third-order valence-corrected chi connectivity index (χ3v) is 3.94. The molecule has 7 heteroatoms. The summed E-state index contributed by atoms with van der Waals surface area (Å²) in [5.41, 5.74) is 0.603. The van der Waals surface area contributed by atoms with Crippen LogP contribution in [-0.4, -0.2) is 30.9 Å². The SMILES string of the molecule is O=C1CNC(C(=O)Nc2cccc(Cl)c2Br)CN1. The summed E-state index contributed by atoms with van der Waals surface area (Å²) >= 11 is 9.24. The van der Waals surface area contributed by atoms with Gasteiger partial charge in [0.15, 0.2) is 0 Å². The Morgan fingerprint density at radius 3 is 2.94 bits per heavy atom. The largest absolute Gasteiger partial charge is 0.353 e. The number of hydrogen-bond acceptors (Lipinski definition) is 3. The van der Waals surface area contributed by atoms with E-state index in [-0.39, 0.29) is 24.9 Å². The second-order valence-electron chi connectivity index (χ2n) is 3.83. The van der Waals surface area contributed by atoms with Gasteiger partial charge in [-0.2, -0.15) is 0 Å². The Morgan fingerprint density at radius 1 is 1.50 bits per heavy atom. The first-order chi connectivity index (χ1) is 8.58. The molecule has 1 aliphatic rings. The van der Waals surface area contributed by atoms with E-state index in [2.05, 4.69) is 31.9 Å². The van der Waals surface area contributed by atoms with Gasteiger partial charge in [0.2, 0.25) is 11.8 Å². The van der Waals surface area contributed by atoms with Crippen LogP contribution in [0.2, 0.25) is 5.02 Å². The molecule has 5 nitrogen and oxygen atoms in total. The molecule has 1 fully saturated rings. The number of hydrogen-bond donors (Lipinski definition) is 3. The van der Waals surface area contributed by atoms with Crippen molar-refractivity contribution in [3.05, 3.63) is 27.7 Å². The first kappa shape index (κ1) is 13.3. The van der Waals surface area contributed by atoms with Crippen molar-refractivity contribution < 1.29 is 9.59 Å². The lowest BCUT2D eigenvalue weighted by molar-refractivity contribution is -0.124. The van der Waals surface area contributed by atoms with E-state index in [0.29, 0.717) is 15.2 Å². The van der Waals surface area contributed by atoms with Crippen LogP contribution in [0.3, 0.4) is 0 Å². The summed E-state index contributed by atoms with van der Waals surface area (Å²) in [6.07, 6.45) is 0. The van der Waals surface area contributed by atoms with Crippen LogP contribution in [0.4, 0.5) is 5.69 Å². The molecule has 1 aliphatic heterocycles. The number of benzene rings is 1. The summed E-state index contributed by atoms with van der Waals surface area (Å²) in [6, 6.07) is 4.78. The smallest absolute Gasteiger partial charge is 0.243 e. The Bertz CT molecular complexity index is 485. The number of nitrogens with one attached hydrogen (secondary N) is 3. The highest BCUT2D eigenvalue weighted by Crippen LogP contribution is 2.30. The second-order valence-corrected chi connectivity index (χ2v) is 5.03. The third kappa shape index (κ3) is 3.01.